The van der Waals surface area contributed by atoms with Crippen molar-refractivity contribution in [2.75, 3.05) is 0 Å². The molecule has 186 valence electrons. The van der Waals surface area contributed by atoms with Gasteiger partial charge in [0.25, 0.3) is 0 Å². The quantitative estimate of drug-likeness (QED) is 0.172. The fourth-order valence-electron chi connectivity index (χ4n) is 4.80. The van der Waals surface area contributed by atoms with E-state index in [1.165, 1.54) is 120 Å². The van der Waals surface area contributed by atoms with Crippen LogP contribution < -0.4 is 0 Å². The lowest BCUT2D eigenvalue weighted by Crippen LogP contribution is -2.03. The summed E-state index contributed by atoms with van der Waals surface area (Å²) in [6.07, 6.45) is 27.8. The molecule has 0 unspecified atom stereocenters. The van der Waals surface area contributed by atoms with Gasteiger partial charge in [0.1, 0.15) is 5.82 Å². The summed E-state index contributed by atoms with van der Waals surface area (Å²) < 4.78 is 2.48. The van der Waals surface area contributed by atoms with Crippen LogP contribution in [0.4, 0.5) is 0 Å². The van der Waals surface area contributed by atoms with Gasteiger partial charge in [0, 0.05) is 19.2 Å². The first-order valence-electron chi connectivity index (χ1n) is 14.4. The summed E-state index contributed by atoms with van der Waals surface area (Å²) in [5.74, 6) is 1.34. The van der Waals surface area contributed by atoms with E-state index in [1.54, 1.807) is 0 Å². The lowest BCUT2D eigenvalue weighted by Gasteiger charge is -2.07. The van der Waals surface area contributed by atoms with Crippen LogP contribution in [0, 0.1) is 0 Å². The molecule has 0 amide bonds. The van der Waals surface area contributed by atoms with Crippen molar-refractivity contribution in [1.29, 1.82) is 0 Å². The lowest BCUT2D eigenvalue weighted by molar-refractivity contribution is 0.535. The third-order valence-corrected chi connectivity index (χ3v) is 6.91. The number of imidazole rings is 1. The average Bonchev–Trinajstić information content (AvgIpc) is 3.22. The molecule has 2 heteroatoms. The van der Waals surface area contributed by atoms with Crippen molar-refractivity contribution in [1.82, 2.24) is 9.55 Å². The van der Waals surface area contributed by atoms with E-state index < -0.39 is 0 Å². The van der Waals surface area contributed by atoms with Gasteiger partial charge >= 0.3 is 0 Å². The highest BCUT2D eigenvalue weighted by atomic mass is 15.1. The van der Waals surface area contributed by atoms with Crippen molar-refractivity contribution in [2.45, 2.75) is 142 Å². The summed E-state index contributed by atoms with van der Waals surface area (Å²) in [5, 5.41) is 0. The van der Waals surface area contributed by atoms with Crippen LogP contribution in [-0.2, 0) is 25.8 Å². The average molecular weight is 453 g/mol. The van der Waals surface area contributed by atoms with Gasteiger partial charge in [-0.15, -0.1) is 0 Å². The number of aromatic nitrogens is 2. The Bertz CT molecular complexity index is 688. The Labute approximate surface area is 205 Å². The van der Waals surface area contributed by atoms with Gasteiger partial charge in [-0.1, -0.05) is 128 Å². The number of nitrogens with zero attached hydrogens (tertiary/aromatic N) is 2. The summed E-state index contributed by atoms with van der Waals surface area (Å²) in [6, 6.07) is 10.9. The van der Waals surface area contributed by atoms with E-state index >= 15 is 0 Å². The summed E-state index contributed by atoms with van der Waals surface area (Å²) in [5.41, 5.74) is 2.74. The monoisotopic (exact) mass is 452 g/mol. The maximum absolute atomic E-state index is 5.07. The van der Waals surface area contributed by atoms with E-state index in [1.807, 2.05) is 0 Å². The zero-order valence-corrected chi connectivity index (χ0v) is 22.0. The van der Waals surface area contributed by atoms with Gasteiger partial charge in [0.15, 0.2) is 0 Å². The Morgan fingerprint density at radius 1 is 0.576 bits per heavy atom. The zero-order valence-electron chi connectivity index (χ0n) is 22.0. The van der Waals surface area contributed by atoms with Gasteiger partial charge in [-0.2, -0.15) is 0 Å². The van der Waals surface area contributed by atoms with Crippen molar-refractivity contribution in [3.05, 3.63) is 53.6 Å². The minimum absolute atomic E-state index is 1.10. The van der Waals surface area contributed by atoms with E-state index in [2.05, 4.69) is 54.9 Å². The van der Waals surface area contributed by atoms with Crippen LogP contribution in [0.15, 0.2) is 36.5 Å². The zero-order chi connectivity index (χ0) is 23.4. The molecule has 0 aliphatic carbocycles. The lowest BCUT2D eigenvalue weighted by atomic mass is 10.0. The molecule has 0 N–H and O–H groups in total. The molecule has 0 fully saturated rings. The number of hydrogen-bond acceptors (Lipinski definition) is 1. The van der Waals surface area contributed by atoms with Gasteiger partial charge in [-0.05, 0) is 37.7 Å². The number of rotatable bonds is 21. The summed E-state index contributed by atoms with van der Waals surface area (Å²) in [6.45, 7) is 5.73. The second-order valence-electron chi connectivity index (χ2n) is 10.0. The molecule has 33 heavy (non-hydrogen) atoms. The standard InChI is InChI=1S/C31H52N2/c1-3-5-7-8-9-10-11-12-13-14-15-19-26-31-32-30(28-33(31)27-20-6-4-2)25-21-24-29-22-17-16-18-23-29/h16-18,22-23,28H,3-15,19-21,24-27H2,1-2H3. The van der Waals surface area contributed by atoms with Crippen LogP contribution in [0.2, 0.25) is 0 Å². The van der Waals surface area contributed by atoms with E-state index in [9.17, 15) is 0 Å². The number of hydrogen-bond donors (Lipinski definition) is 0. The molecule has 0 saturated heterocycles. The molecule has 1 aromatic heterocycles. The molecule has 0 atom stereocenters. The summed E-state index contributed by atoms with van der Waals surface area (Å²) >= 11 is 0. The van der Waals surface area contributed by atoms with Crippen LogP contribution in [0.25, 0.3) is 0 Å². The molecular formula is C31H52N2. The van der Waals surface area contributed by atoms with Crippen LogP contribution in [0.1, 0.15) is 134 Å². The van der Waals surface area contributed by atoms with Crippen LogP contribution >= 0.6 is 0 Å². The molecular weight excluding hydrogens is 400 g/mol. The van der Waals surface area contributed by atoms with Gasteiger partial charge in [-0.25, -0.2) is 4.98 Å². The van der Waals surface area contributed by atoms with Crippen LogP contribution in [0.5, 0.6) is 0 Å². The molecule has 1 heterocycles. The Hall–Kier alpha value is -1.57. The molecule has 2 aromatic rings. The smallest absolute Gasteiger partial charge is 0.108 e. The van der Waals surface area contributed by atoms with Gasteiger partial charge < -0.3 is 4.57 Å². The largest absolute Gasteiger partial charge is 0.335 e. The van der Waals surface area contributed by atoms with Crippen LogP contribution in [0.3, 0.4) is 0 Å². The second kappa shape index (κ2) is 18.8. The molecule has 2 nitrogen and oxygen atoms in total. The van der Waals surface area contributed by atoms with Crippen molar-refractivity contribution < 1.29 is 0 Å². The van der Waals surface area contributed by atoms with Crippen molar-refractivity contribution >= 4 is 0 Å². The molecule has 0 radical (unpaired) electrons. The Morgan fingerprint density at radius 2 is 1.15 bits per heavy atom. The van der Waals surface area contributed by atoms with Gasteiger partial charge in [0.05, 0.1) is 5.69 Å². The first kappa shape index (κ1) is 27.7. The first-order chi connectivity index (χ1) is 16.3. The highest BCUT2D eigenvalue weighted by Gasteiger charge is 2.08. The third-order valence-electron chi connectivity index (χ3n) is 6.91. The van der Waals surface area contributed by atoms with Crippen molar-refractivity contribution in [3.63, 3.8) is 0 Å². The Morgan fingerprint density at radius 3 is 1.79 bits per heavy atom. The normalized spacial score (nSPS) is 11.3. The number of aryl methyl sites for hydroxylation is 4. The van der Waals surface area contributed by atoms with Gasteiger partial charge in [0.2, 0.25) is 0 Å². The maximum Gasteiger partial charge on any atom is 0.108 e. The fraction of sp³-hybridized carbons (Fsp3) is 0.710. The maximum atomic E-state index is 5.07. The Balaban J connectivity index is 1.63. The number of benzene rings is 1. The summed E-state index contributed by atoms with van der Waals surface area (Å²) in [4.78, 5) is 5.07. The van der Waals surface area contributed by atoms with Gasteiger partial charge in [-0.3, -0.25) is 0 Å². The third kappa shape index (κ3) is 13.0. The SMILES string of the molecule is CCCCCCCCCCCCCCc1nc(CCCc2ccccc2)cn1CCCCC. The molecule has 1 aromatic carbocycles. The first-order valence-corrected chi connectivity index (χ1v) is 14.4. The van der Waals surface area contributed by atoms with Crippen molar-refractivity contribution in [2.24, 2.45) is 0 Å². The molecule has 0 saturated carbocycles. The predicted molar refractivity (Wildman–Crippen MR) is 145 cm³/mol. The van der Waals surface area contributed by atoms with E-state index in [0.29, 0.717) is 0 Å². The molecule has 0 spiro atoms. The van der Waals surface area contributed by atoms with E-state index in [4.69, 9.17) is 4.98 Å². The topological polar surface area (TPSA) is 17.8 Å². The van der Waals surface area contributed by atoms with E-state index in [-0.39, 0.29) is 0 Å². The summed E-state index contributed by atoms with van der Waals surface area (Å²) in [7, 11) is 0. The molecule has 0 aliphatic heterocycles. The second-order valence-corrected chi connectivity index (χ2v) is 10.0. The molecule has 0 bridgehead atoms. The highest BCUT2D eigenvalue weighted by molar-refractivity contribution is 5.15. The predicted octanol–water partition coefficient (Wildman–Crippen LogP) is 9.49. The Kier molecular flexibility index (Phi) is 15.8. The fourth-order valence-corrected chi connectivity index (χ4v) is 4.80. The highest BCUT2D eigenvalue weighted by Crippen LogP contribution is 2.15. The minimum Gasteiger partial charge on any atom is -0.335 e. The number of unbranched alkanes of at least 4 members (excludes halogenated alkanes) is 13. The van der Waals surface area contributed by atoms with Crippen molar-refractivity contribution in [3.8, 4) is 0 Å². The van der Waals surface area contributed by atoms with E-state index in [0.717, 1.165) is 25.8 Å². The molecule has 0 aliphatic rings. The minimum atomic E-state index is 1.10. The van der Waals surface area contributed by atoms with Crippen LogP contribution in [-0.4, -0.2) is 9.55 Å². The molecule has 2 rings (SSSR count).